The zero-order valence-electron chi connectivity index (χ0n) is 11.0. The first-order valence-electron chi connectivity index (χ1n) is 5.92. The molecule has 1 saturated carbocycles. The average molecular weight is 264 g/mol. The number of anilines is 1. The van der Waals surface area contributed by atoms with E-state index in [0.717, 1.165) is 0 Å². The van der Waals surface area contributed by atoms with Crippen molar-refractivity contribution in [3.63, 3.8) is 0 Å². The van der Waals surface area contributed by atoms with Crippen molar-refractivity contribution in [3.05, 3.63) is 18.3 Å². The number of carboxylic acids is 1. The van der Waals surface area contributed by atoms with Crippen LogP contribution in [0.5, 0.6) is 5.88 Å². The van der Waals surface area contributed by atoms with E-state index in [9.17, 15) is 9.59 Å². The predicted molar refractivity (Wildman–Crippen MR) is 67.8 cm³/mol. The Labute approximate surface area is 110 Å². The van der Waals surface area contributed by atoms with Gasteiger partial charge in [-0.3, -0.25) is 9.59 Å². The number of hydrogen-bond acceptors (Lipinski definition) is 4. The molecular formula is C13H16N2O4. The topological polar surface area (TPSA) is 88.5 Å². The van der Waals surface area contributed by atoms with Crippen molar-refractivity contribution in [2.45, 2.75) is 13.8 Å². The van der Waals surface area contributed by atoms with Crippen molar-refractivity contribution < 1.29 is 19.4 Å². The van der Waals surface area contributed by atoms with E-state index < -0.39 is 23.2 Å². The van der Waals surface area contributed by atoms with Crippen LogP contribution in [-0.2, 0) is 9.59 Å². The molecule has 0 aromatic carbocycles. The molecule has 1 fully saturated rings. The lowest BCUT2D eigenvalue weighted by atomic mass is 10.1. The molecule has 0 aliphatic heterocycles. The number of amides is 1. The van der Waals surface area contributed by atoms with Crippen LogP contribution in [-0.4, -0.2) is 29.1 Å². The van der Waals surface area contributed by atoms with Crippen molar-refractivity contribution in [1.82, 2.24) is 4.98 Å². The van der Waals surface area contributed by atoms with Crippen molar-refractivity contribution >= 4 is 17.6 Å². The van der Waals surface area contributed by atoms with Gasteiger partial charge in [-0.1, -0.05) is 13.8 Å². The SMILES string of the molecule is COc1ncccc1NC(=O)[C@@H]1[C@H](C(=O)O)C1(C)C. The van der Waals surface area contributed by atoms with Gasteiger partial charge in [0.05, 0.1) is 18.9 Å². The molecule has 1 aliphatic rings. The van der Waals surface area contributed by atoms with Gasteiger partial charge < -0.3 is 15.2 Å². The van der Waals surface area contributed by atoms with Gasteiger partial charge in [-0.05, 0) is 17.5 Å². The number of carbonyl (C=O) groups is 2. The number of aliphatic carboxylic acids is 1. The highest BCUT2D eigenvalue weighted by Crippen LogP contribution is 2.58. The largest absolute Gasteiger partial charge is 0.481 e. The molecule has 1 aromatic heterocycles. The van der Waals surface area contributed by atoms with Crippen molar-refractivity contribution in [2.24, 2.45) is 17.3 Å². The summed E-state index contributed by atoms with van der Waals surface area (Å²) in [6, 6.07) is 3.33. The third kappa shape index (κ3) is 2.25. The van der Waals surface area contributed by atoms with Crippen LogP contribution in [0.25, 0.3) is 0 Å². The molecule has 0 spiro atoms. The molecule has 19 heavy (non-hydrogen) atoms. The van der Waals surface area contributed by atoms with Gasteiger partial charge >= 0.3 is 5.97 Å². The molecule has 1 aliphatic carbocycles. The molecule has 0 bridgehead atoms. The van der Waals surface area contributed by atoms with Gasteiger partial charge in [0.1, 0.15) is 5.69 Å². The van der Waals surface area contributed by atoms with Crippen LogP contribution in [0.15, 0.2) is 18.3 Å². The number of carbonyl (C=O) groups excluding carboxylic acids is 1. The lowest BCUT2D eigenvalue weighted by molar-refractivity contribution is -0.140. The van der Waals surface area contributed by atoms with Gasteiger partial charge in [0.15, 0.2) is 0 Å². The van der Waals surface area contributed by atoms with Gasteiger partial charge in [0.25, 0.3) is 0 Å². The molecule has 2 N–H and O–H groups in total. The highest BCUT2D eigenvalue weighted by Gasteiger charge is 2.65. The summed E-state index contributed by atoms with van der Waals surface area (Å²) >= 11 is 0. The summed E-state index contributed by atoms with van der Waals surface area (Å²) in [5.41, 5.74) is -0.0763. The van der Waals surface area contributed by atoms with Gasteiger partial charge in [-0.25, -0.2) is 4.98 Å². The maximum atomic E-state index is 12.1. The van der Waals surface area contributed by atoms with E-state index in [1.54, 1.807) is 32.2 Å². The highest BCUT2D eigenvalue weighted by atomic mass is 16.5. The second-order valence-corrected chi connectivity index (χ2v) is 5.16. The molecule has 2 rings (SSSR count). The number of pyridine rings is 1. The van der Waals surface area contributed by atoms with E-state index in [4.69, 9.17) is 9.84 Å². The third-order valence-corrected chi connectivity index (χ3v) is 3.60. The molecule has 1 heterocycles. The minimum atomic E-state index is -0.941. The number of nitrogens with zero attached hydrogens (tertiary/aromatic N) is 1. The van der Waals surface area contributed by atoms with Gasteiger partial charge in [0, 0.05) is 6.20 Å². The fourth-order valence-corrected chi connectivity index (χ4v) is 2.45. The Morgan fingerprint density at radius 1 is 1.42 bits per heavy atom. The molecule has 2 atom stereocenters. The summed E-state index contributed by atoms with van der Waals surface area (Å²) in [5.74, 6) is -2.13. The van der Waals surface area contributed by atoms with E-state index in [0.29, 0.717) is 11.6 Å². The van der Waals surface area contributed by atoms with Crippen LogP contribution in [0.1, 0.15) is 13.8 Å². The number of nitrogens with one attached hydrogen (secondary N) is 1. The summed E-state index contributed by atoms with van der Waals surface area (Å²) in [4.78, 5) is 27.1. The molecule has 1 aromatic rings. The Morgan fingerprint density at radius 3 is 2.63 bits per heavy atom. The normalized spacial score (nSPS) is 23.5. The fraction of sp³-hybridized carbons (Fsp3) is 0.462. The first-order chi connectivity index (χ1) is 8.89. The molecule has 6 nitrogen and oxygen atoms in total. The molecule has 0 unspecified atom stereocenters. The number of rotatable bonds is 4. The molecule has 1 amide bonds. The summed E-state index contributed by atoms with van der Waals surface area (Å²) in [6.07, 6.45) is 1.55. The molecule has 102 valence electrons. The second-order valence-electron chi connectivity index (χ2n) is 5.16. The van der Waals surface area contributed by atoms with Crippen molar-refractivity contribution in [1.29, 1.82) is 0 Å². The quantitative estimate of drug-likeness (QED) is 0.857. The van der Waals surface area contributed by atoms with Gasteiger partial charge in [-0.2, -0.15) is 0 Å². The number of carboxylic acid groups (broad SMARTS) is 1. The van der Waals surface area contributed by atoms with Crippen LogP contribution in [0, 0.1) is 17.3 Å². The van der Waals surface area contributed by atoms with E-state index in [1.807, 2.05) is 0 Å². The molecule has 6 heteroatoms. The summed E-state index contributed by atoms with van der Waals surface area (Å²) in [7, 11) is 1.46. The molecule has 0 radical (unpaired) electrons. The lowest BCUT2D eigenvalue weighted by Crippen LogP contribution is -2.18. The number of methoxy groups -OCH3 is 1. The number of aromatic nitrogens is 1. The monoisotopic (exact) mass is 264 g/mol. The van der Waals surface area contributed by atoms with E-state index in [-0.39, 0.29) is 5.91 Å². The smallest absolute Gasteiger partial charge is 0.307 e. The number of ether oxygens (including phenoxy) is 1. The summed E-state index contributed by atoms with van der Waals surface area (Å²) < 4.78 is 5.03. The Bertz CT molecular complexity index is 527. The Kier molecular flexibility index (Phi) is 3.18. The van der Waals surface area contributed by atoms with Crippen LogP contribution in [0.3, 0.4) is 0 Å². The molecule has 0 saturated heterocycles. The minimum absolute atomic E-state index is 0.307. The summed E-state index contributed by atoms with van der Waals surface area (Å²) in [5, 5.41) is 11.7. The van der Waals surface area contributed by atoms with E-state index in [1.165, 1.54) is 7.11 Å². The van der Waals surface area contributed by atoms with Crippen LogP contribution < -0.4 is 10.1 Å². The maximum Gasteiger partial charge on any atom is 0.307 e. The van der Waals surface area contributed by atoms with E-state index in [2.05, 4.69) is 10.3 Å². The third-order valence-electron chi connectivity index (χ3n) is 3.60. The number of hydrogen-bond donors (Lipinski definition) is 2. The van der Waals surface area contributed by atoms with Crippen LogP contribution >= 0.6 is 0 Å². The average Bonchev–Trinajstić information content (AvgIpc) is 2.93. The standard InChI is InChI=1S/C13H16N2O4/c1-13(2)8(9(13)12(17)18)10(16)15-7-5-4-6-14-11(7)19-3/h4-6,8-9H,1-3H3,(H,15,16)(H,17,18)/t8-,9+/m0/s1. The first-order valence-corrected chi connectivity index (χ1v) is 5.92. The summed E-state index contributed by atoms with van der Waals surface area (Å²) in [6.45, 7) is 3.55. The lowest BCUT2D eigenvalue weighted by Gasteiger charge is -2.09. The highest BCUT2D eigenvalue weighted by molar-refractivity contribution is 6.00. The molecular weight excluding hydrogens is 248 g/mol. The Morgan fingerprint density at radius 2 is 2.11 bits per heavy atom. The Balaban J connectivity index is 2.13. The van der Waals surface area contributed by atoms with Crippen LogP contribution in [0.4, 0.5) is 5.69 Å². The fourth-order valence-electron chi connectivity index (χ4n) is 2.45. The zero-order valence-corrected chi connectivity index (χ0v) is 11.0. The second kappa shape index (κ2) is 4.53. The van der Waals surface area contributed by atoms with Crippen LogP contribution in [0.2, 0.25) is 0 Å². The maximum absolute atomic E-state index is 12.1. The first kappa shape index (κ1) is 13.3. The van der Waals surface area contributed by atoms with Gasteiger partial charge in [0.2, 0.25) is 11.8 Å². The minimum Gasteiger partial charge on any atom is -0.481 e. The predicted octanol–water partition coefficient (Wildman–Crippen LogP) is 1.39. The zero-order chi connectivity index (χ0) is 14.2. The Hall–Kier alpha value is -2.11. The van der Waals surface area contributed by atoms with Crippen molar-refractivity contribution in [2.75, 3.05) is 12.4 Å². The van der Waals surface area contributed by atoms with Crippen molar-refractivity contribution in [3.8, 4) is 5.88 Å². The van der Waals surface area contributed by atoms with Gasteiger partial charge in [-0.15, -0.1) is 0 Å². The van der Waals surface area contributed by atoms with E-state index >= 15 is 0 Å².